The van der Waals surface area contributed by atoms with Crippen LogP contribution in [0.15, 0.2) is 22.7 Å². The molecule has 0 bridgehead atoms. The van der Waals surface area contributed by atoms with Crippen LogP contribution in [0.2, 0.25) is 0 Å². The number of ether oxygens (including phenoxy) is 1. The minimum Gasteiger partial charge on any atom is -0.380 e. The number of hydrogen-bond acceptors (Lipinski definition) is 2. The average molecular weight is 343 g/mol. The van der Waals surface area contributed by atoms with E-state index in [0.717, 1.165) is 15.7 Å². The standard InChI is InChI=1S/C15H23BrN2O2/c1-15(2,3)10-18(4)14(19)17-13-8-6-7-12(16)11(13)9-20-5/h6-8H,9-10H2,1-5H3,(H,17,19). The number of carbonyl (C=O) groups excluding carboxylic acids is 1. The summed E-state index contributed by atoms with van der Waals surface area (Å²) in [4.78, 5) is 13.9. The number of benzene rings is 1. The van der Waals surface area contributed by atoms with Crippen molar-refractivity contribution in [2.24, 2.45) is 5.41 Å². The molecule has 0 saturated heterocycles. The molecule has 20 heavy (non-hydrogen) atoms. The predicted molar refractivity (Wildman–Crippen MR) is 86.0 cm³/mol. The summed E-state index contributed by atoms with van der Waals surface area (Å²) >= 11 is 3.48. The van der Waals surface area contributed by atoms with E-state index in [9.17, 15) is 4.79 Å². The van der Waals surface area contributed by atoms with Gasteiger partial charge in [-0.3, -0.25) is 0 Å². The van der Waals surface area contributed by atoms with Gasteiger partial charge in [0.1, 0.15) is 0 Å². The summed E-state index contributed by atoms with van der Waals surface area (Å²) < 4.78 is 6.10. The van der Waals surface area contributed by atoms with Gasteiger partial charge in [0, 0.05) is 36.4 Å². The Labute approximate surface area is 129 Å². The Morgan fingerprint density at radius 1 is 1.40 bits per heavy atom. The molecule has 1 aromatic rings. The Bertz CT molecular complexity index is 469. The molecule has 0 fully saturated rings. The number of rotatable bonds is 4. The van der Waals surface area contributed by atoms with Gasteiger partial charge >= 0.3 is 6.03 Å². The number of halogens is 1. The van der Waals surface area contributed by atoms with Gasteiger partial charge in [-0.05, 0) is 17.5 Å². The number of hydrogen-bond donors (Lipinski definition) is 1. The third-order valence-electron chi connectivity index (χ3n) is 2.71. The Morgan fingerprint density at radius 3 is 2.60 bits per heavy atom. The van der Waals surface area contributed by atoms with Gasteiger partial charge in [-0.2, -0.15) is 0 Å². The monoisotopic (exact) mass is 342 g/mol. The van der Waals surface area contributed by atoms with E-state index in [-0.39, 0.29) is 11.4 Å². The largest absolute Gasteiger partial charge is 0.380 e. The second-order valence-corrected chi connectivity index (χ2v) is 6.90. The first-order valence-electron chi connectivity index (χ1n) is 6.53. The number of amides is 2. The molecule has 5 heteroatoms. The molecule has 0 aliphatic rings. The maximum absolute atomic E-state index is 12.2. The van der Waals surface area contributed by atoms with Crippen molar-refractivity contribution in [3.63, 3.8) is 0 Å². The van der Waals surface area contributed by atoms with E-state index in [0.29, 0.717) is 13.2 Å². The van der Waals surface area contributed by atoms with Gasteiger partial charge in [0.05, 0.1) is 6.61 Å². The van der Waals surface area contributed by atoms with Gasteiger partial charge < -0.3 is 15.0 Å². The fourth-order valence-electron chi connectivity index (χ4n) is 1.96. The van der Waals surface area contributed by atoms with E-state index in [1.807, 2.05) is 18.2 Å². The molecular formula is C15H23BrN2O2. The highest BCUT2D eigenvalue weighted by molar-refractivity contribution is 9.10. The van der Waals surface area contributed by atoms with Crippen LogP contribution in [0.1, 0.15) is 26.3 Å². The van der Waals surface area contributed by atoms with Crippen molar-refractivity contribution in [1.29, 1.82) is 0 Å². The molecule has 4 nitrogen and oxygen atoms in total. The Balaban J connectivity index is 2.83. The average Bonchev–Trinajstić information content (AvgIpc) is 2.31. The highest BCUT2D eigenvalue weighted by Crippen LogP contribution is 2.26. The van der Waals surface area contributed by atoms with Crippen LogP contribution in [-0.2, 0) is 11.3 Å². The Kier molecular flexibility index (Phi) is 6.02. The van der Waals surface area contributed by atoms with Crippen molar-refractivity contribution >= 4 is 27.6 Å². The predicted octanol–water partition coefficient (Wildman–Crippen LogP) is 4.11. The molecule has 1 N–H and O–H groups in total. The number of nitrogens with zero attached hydrogens (tertiary/aromatic N) is 1. The normalized spacial score (nSPS) is 11.3. The third kappa shape index (κ3) is 5.13. The van der Waals surface area contributed by atoms with Gasteiger partial charge in [0.2, 0.25) is 0 Å². The van der Waals surface area contributed by atoms with E-state index in [1.54, 1.807) is 19.1 Å². The lowest BCUT2D eigenvalue weighted by molar-refractivity contribution is 0.184. The zero-order valence-corrected chi connectivity index (χ0v) is 14.4. The molecule has 0 atom stereocenters. The molecule has 0 aliphatic heterocycles. The number of urea groups is 1. The molecule has 0 spiro atoms. The second kappa shape index (κ2) is 7.09. The lowest BCUT2D eigenvalue weighted by Gasteiger charge is -2.27. The van der Waals surface area contributed by atoms with Gasteiger partial charge in [-0.1, -0.05) is 42.8 Å². The molecule has 112 valence electrons. The van der Waals surface area contributed by atoms with Crippen LogP contribution in [0.25, 0.3) is 0 Å². The lowest BCUT2D eigenvalue weighted by atomic mass is 9.96. The molecule has 1 aromatic carbocycles. The first-order chi connectivity index (χ1) is 9.24. The van der Waals surface area contributed by atoms with Crippen molar-refractivity contribution in [2.45, 2.75) is 27.4 Å². The van der Waals surface area contributed by atoms with Crippen molar-refractivity contribution in [3.8, 4) is 0 Å². The molecule has 0 saturated carbocycles. The fraction of sp³-hybridized carbons (Fsp3) is 0.533. The van der Waals surface area contributed by atoms with Crippen LogP contribution >= 0.6 is 15.9 Å². The van der Waals surface area contributed by atoms with E-state index in [2.05, 4.69) is 42.0 Å². The van der Waals surface area contributed by atoms with Crippen LogP contribution < -0.4 is 5.32 Å². The number of carbonyl (C=O) groups is 1. The highest BCUT2D eigenvalue weighted by Gasteiger charge is 2.18. The number of nitrogens with one attached hydrogen (secondary N) is 1. The van der Waals surface area contributed by atoms with E-state index >= 15 is 0 Å². The SMILES string of the molecule is COCc1c(Br)cccc1NC(=O)N(C)CC(C)(C)C. The van der Waals surface area contributed by atoms with E-state index in [4.69, 9.17) is 4.74 Å². The summed E-state index contributed by atoms with van der Waals surface area (Å²) in [5, 5.41) is 2.94. The summed E-state index contributed by atoms with van der Waals surface area (Å²) in [5.74, 6) is 0. The summed E-state index contributed by atoms with van der Waals surface area (Å²) in [6.45, 7) is 7.44. The molecule has 0 aliphatic carbocycles. The zero-order chi connectivity index (χ0) is 15.3. The quantitative estimate of drug-likeness (QED) is 0.894. The summed E-state index contributed by atoms with van der Waals surface area (Å²) in [5.41, 5.74) is 1.78. The third-order valence-corrected chi connectivity index (χ3v) is 3.45. The first kappa shape index (κ1) is 17.0. The molecule has 0 heterocycles. The van der Waals surface area contributed by atoms with Crippen LogP contribution in [-0.4, -0.2) is 31.6 Å². The number of anilines is 1. The second-order valence-electron chi connectivity index (χ2n) is 6.05. The van der Waals surface area contributed by atoms with Crippen molar-refractivity contribution in [2.75, 3.05) is 26.0 Å². The maximum atomic E-state index is 12.2. The summed E-state index contributed by atoms with van der Waals surface area (Å²) in [6, 6.07) is 5.59. The Hall–Kier alpha value is -1.07. The zero-order valence-electron chi connectivity index (χ0n) is 12.8. The minimum atomic E-state index is -0.115. The van der Waals surface area contributed by atoms with Gasteiger partial charge in [-0.15, -0.1) is 0 Å². The molecule has 2 amide bonds. The van der Waals surface area contributed by atoms with Crippen molar-refractivity contribution in [1.82, 2.24) is 4.90 Å². The topological polar surface area (TPSA) is 41.6 Å². The van der Waals surface area contributed by atoms with Crippen LogP contribution in [0.4, 0.5) is 10.5 Å². The minimum absolute atomic E-state index is 0.0682. The molecular weight excluding hydrogens is 320 g/mol. The van der Waals surface area contributed by atoms with Crippen LogP contribution in [0.3, 0.4) is 0 Å². The first-order valence-corrected chi connectivity index (χ1v) is 7.32. The van der Waals surface area contributed by atoms with E-state index < -0.39 is 0 Å². The highest BCUT2D eigenvalue weighted by atomic mass is 79.9. The maximum Gasteiger partial charge on any atom is 0.321 e. The Morgan fingerprint density at radius 2 is 2.05 bits per heavy atom. The van der Waals surface area contributed by atoms with Gasteiger partial charge in [0.15, 0.2) is 0 Å². The van der Waals surface area contributed by atoms with Crippen LogP contribution in [0.5, 0.6) is 0 Å². The smallest absolute Gasteiger partial charge is 0.321 e. The van der Waals surface area contributed by atoms with Gasteiger partial charge in [0.25, 0.3) is 0 Å². The molecule has 0 unspecified atom stereocenters. The van der Waals surface area contributed by atoms with Gasteiger partial charge in [-0.25, -0.2) is 4.79 Å². The summed E-state index contributed by atoms with van der Waals surface area (Å²) in [7, 11) is 3.44. The lowest BCUT2D eigenvalue weighted by Crippen LogP contribution is -2.37. The molecule has 1 rings (SSSR count). The van der Waals surface area contributed by atoms with Crippen molar-refractivity contribution < 1.29 is 9.53 Å². The molecule has 0 radical (unpaired) electrons. The summed E-state index contributed by atoms with van der Waals surface area (Å²) in [6.07, 6.45) is 0. The van der Waals surface area contributed by atoms with E-state index in [1.165, 1.54) is 0 Å². The van der Waals surface area contributed by atoms with Crippen LogP contribution in [0, 0.1) is 5.41 Å². The number of methoxy groups -OCH3 is 1. The van der Waals surface area contributed by atoms with Crippen molar-refractivity contribution in [3.05, 3.63) is 28.2 Å². The molecule has 0 aromatic heterocycles. The fourth-order valence-corrected chi connectivity index (χ4v) is 2.44.